The zero-order valence-corrected chi connectivity index (χ0v) is 15.7. The van der Waals surface area contributed by atoms with Crippen LogP contribution in [0.3, 0.4) is 0 Å². The highest BCUT2D eigenvalue weighted by molar-refractivity contribution is 7.10. The standard InChI is InChI=1S/C18H21N3O4S/c1-12(14-6-4-7-15(10-14)21(24)25)20(3)18(23)11-16(19-13(2)22)17-8-5-9-26-17/h4-10,12,16H,11H2,1-3H3,(H,19,22)/t12-,16+/m0/s1. The summed E-state index contributed by atoms with van der Waals surface area (Å²) in [4.78, 5) is 37.1. The van der Waals surface area contributed by atoms with Crippen molar-refractivity contribution in [2.24, 2.45) is 0 Å². The molecule has 0 spiro atoms. The van der Waals surface area contributed by atoms with E-state index in [4.69, 9.17) is 0 Å². The zero-order chi connectivity index (χ0) is 19.3. The van der Waals surface area contributed by atoms with Gasteiger partial charge in [-0.1, -0.05) is 18.2 Å². The minimum Gasteiger partial charge on any atom is -0.348 e. The van der Waals surface area contributed by atoms with Crippen LogP contribution in [0.5, 0.6) is 0 Å². The van der Waals surface area contributed by atoms with Crippen molar-refractivity contribution in [1.82, 2.24) is 10.2 Å². The third-order valence-electron chi connectivity index (χ3n) is 4.18. The fourth-order valence-electron chi connectivity index (χ4n) is 2.61. The average Bonchev–Trinajstić information content (AvgIpc) is 3.14. The van der Waals surface area contributed by atoms with E-state index >= 15 is 0 Å². The van der Waals surface area contributed by atoms with Gasteiger partial charge >= 0.3 is 0 Å². The van der Waals surface area contributed by atoms with Gasteiger partial charge < -0.3 is 10.2 Å². The second-order valence-corrected chi connectivity index (χ2v) is 6.98. The number of amides is 2. The second kappa shape index (κ2) is 8.57. The third kappa shape index (κ3) is 4.89. The number of benzene rings is 1. The molecule has 0 radical (unpaired) electrons. The average molecular weight is 375 g/mol. The molecule has 2 aromatic rings. The quantitative estimate of drug-likeness (QED) is 0.593. The van der Waals surface area contributed by atoms with Gasteiger partial charge in [-0.2, -0.15) is 0 Å². The Morgan fingerprint density at radius 1 is 1.31 bits per heavy atom. The van der Waals surface area contributed by atoms with E-state index in [0.29, 0.717) is 5.56 Å². The van der Waals surface area contributed by atoms with E-state index in [1.807, 2.05) is 24.4 Å². The van der Waals surface area contributed by atoms with Gasteiger partial charge in [0.2, 0.25) is 11.8 Å². The number of nitro groups is 1. The molecule has 0 unspecified atom stereocenters. The molecule has 0 aliphatic carbocycles. The van der Waals surface area contributed by atoms with Crippen LogP contribution < -0.4 is 5.32 Å². The van der Waals surface area contributed by atoms with Gasteiger partial charge in [-0.15, -0.1) is 11.3 Å². The molecule has 8 heteroatoms. The minimum absolute atomic E-state index is 0.00934. The summed E-state index contributed by atoms with van der Waals surface area (Å²) < 4.78 is 0. The van der Waals surface area contributed by atoms with Crippen LogP contribution in [0.1, 0.15) is 42.8 Å². The van der Waals surface area contributed by atoms with Gasteiger partial charge in [-0.3, -0.25) is 19.7 Å². The number of nitrogens with one attached hydrogen (secondary N) is 1. The van der Waals surface area contributed by atoms with Crippen molar-refractivity contribution in [1.29, 1.82) is 0 Å². The summed E-state index contributed by atoms with van der Waals surface area (Å²) in [5.41, 5.74) is 0.673. The lowest BCUT2D eigenvalue weighted by Crippen LogP contribution is -2.34. The molecule has 0 aliphatic heterocycles. The molecule has 2 amide bonds. The lowest BCUT2D eigenvalue weighted by Gasteiger charge is -2.27. The van der Waals surface area contributed by atoms with Crippen LogP contribution in [0, 0.1) is 10.1 Å². The first-order valence-electron chi connectivity index (χ1n) is 8.10. The molecule has 7 nitrogen and oxygen atoms in total. The Labute approximate surface area is 155 Å². The van der Waals surface area contributed by atoms with Gasteiger partial charge in [0.25, 0.3) is 5.69 Å². The van der Waals surface area contributed by atoms with Crippen LogP contribution in [-0.4, -0.2) is 28.7 Å². The Morgan fingerprint density at radius 3 is 2.62 bits per heavy atom. The molecule has 26 heavy (non-hydrogen) atoms. The van der Waals surface area contributed by atoms with Crippen molar-refractivity contribution >= 4 is 28.8 Å². The predicted molar refractivity (Wildman–Crippen MR) is 99.8 cm³/mol. The van der Waals surface area contributed by atoms with Crippen molar-refractivity contribution in [3.8, 4) is 0 Å². The van der Waals surface area contributed by atoms with Gasteiger partial charge in [0.1, 0.15) is 0 Å². The van der Waals surface area contributed by atoms with Crippen molar-refractivity contribution in [3.05, 3.63) is 62.3 Å². The van der Waals surface area contributed by atoms with Crippen LogP contribution in [0.2, 0.25) is 0 Å². The normalized spacial score (nSPS) is 12.9. The highest BCUT2D eigenvalue weighted by Gasteiger charge is 2.24. The monoisotopic (exact) mass is 375 g/mol. The molecule has 1 aromatic carbocycles. The van der Waals surface area contributed by atoms with Crippen molar-refractivity contribution in [3.63, 3.8) is 0 Å². The number of hydrogen-bond donors (Lipinski definition) is 1. The summed E-state index contributed by atoms with van der Waals surface area (Å²) in [6.45, 7) is 3.23. The number of non-ortho nitro benzene ring substituents is 1. The molecule has 0 saturated heterocycles. The van der Waals surface area contributed by atoms with Crippen LogP contribution in [0.25, 0.3) is 0 Å². The van der Waals surface area contributed by atoms with Crippen LogP contribution >= 0.6 is 11.3 Å². The topological polar surface area (TPSA) is 92.6 Å². The Bertz CT molecular complexity index is 791. The minimum atomic E-state index is -0.457. The van der Waals surface area contributed by atoms with E-state index in [0.717, 1.165) is 4.88 Å². The predicted octanol–water partition coefficient (Wildman–Crippen LogP) is 3.44. The first kappa shape index (κ1) is 19.6. The van der Waals surface area contributed by atoms with E-state index in [1.54, 1.807) is 24.1 Å². The number of carbonyl (C=O) groups is 2. The molecule has 0 aliphatic rings. The molecule has 0 saturated carbocycles. The summed E-state index contributed by atoms with van der Waals surface area (Å²) in [7, 11) is 1.66. The number of nitro benzene ring substituents is 1. The van der Waals surface area contributed by atoms with Gasteiger partial charge in [0.05, 0.1) is 23.4 Å². The Hall–Kier alpha value is -2.74. The zero-order valence-electron chi connectivity index (χ0n) is 14.8. The lowest BCUT2D eigenvalue weighted by atomic mass is 10.0. The second-order valence-electron chi connectivity index (χ2n) is 6.01. The van der Waals surface area contributed by atoms with Gasteiger partial charge in [0, 0.05) is 31.0 Å². The maximum atomic E-state index is 12.7. The molecule has 0 fully saturated rings. The van der Waals surface area contributed by atoms with Crippen molar-refractivity contribution in [2.45, 2.75) is 32.4 Å². The SMILES string of the molecule is CC(=O)N[C@H](CC(=O)N(C)[C@@H](C)c1cccc([N+](=O)[O-])c1)c1cccs1. The van der Waals surface area contributed by atoms with E-state index in [1.165, 1.54) is 30.4 Å². The van der Waals surface area contributed by atoms with E-state index in [2.05, 4.69) is 5.32 Å². The first-order chi connectivity index (χ1) is 12.3. The first-order valence-corrected chi connectivity index (χ1v) is 8.98. The van der Waals surface area contributed by atoms with Crippen LogP contribution in [-0.2, 0) is 9.59 Å². The number of thiophene rings is 1. The maximum absolute atomic E-state index is 12.7. The molecule has 1 heterocycles. The Morgan fingerprint density at radius 2 is 2.04 bits per heavy atom. The van der Waals surface area contributed by atoms with Gasteiger partial charge in [-0.05, 0) is 23.9 Å². The highest BCUT2D eigenvalue weighted by atomic mass is 32.1. The molecule has 138 valence electrons. The lowest BCUT2D eigenvalue weighted by molar-refractivity contribution is -0.384. The van der Waals surface area contributed by atoms with Gasteiger partial charge in [-0.25, -0.2) is 0 Å². The van der Waals surface area contributed by atoms with Crippen LogP contribution in [0.4, 0.5) is 5.69 Å². The molecule has 1 aromatic heterocycles. The van der Waals surface area contributed by atoms with Gasteiger partial charge in [0.15, 0.2) is 0 Å². The third-order valence-corrected chi connectivity index (χ3v) is 5.17. The molecule has 1 N–H and O–H groups in total. The smallest absolute Gasteiger partial charge is 0.269 e. The molecular weight excluding hydrogens is 354 g/mol. The number of carbonyl (C=O) groups excluding carboxylic acids is 2. The Kier molecular flexibility index (Phi) is 6.46. The fourth-order valence-corrected chi connectivity index (χ4v) is 3.39. The van der Waals surface area contributed by atoms with Crippen LogP contribution in [0.15, 0.2) is 41.8 Å². The summed E-state index contributed by atoms with van der Waals surface area (Å²) in [5.74, 6) is -0.359. The number of nitrogens with zero attached hydrogens (tertiary/aromatic N) is 2. The van der Waals surface area contributed by atoms with E-state index < -0.39 is 4.92 Å². The molecule has 0 bridgehead atoms. The van der Waals surface area contributed by atoms with Crippen molar-refractivity contribution < 1.29 is 14.5 Å². The Balaban J connectivity index is 2.13. The van der Waals surface area contributed by atoms with Crippen molar-refractivity contribution in [2.75, 3.05) is 7.05 Å². The summed E-state index contributed by atoms with van der Waals surface area (Å²) >= 11 is 1.48. The maximum Gasteiger partial charge on any atom is 0.269 e. The summed E-state index contributed by atoms with van der Waals surface area (Å²) in [5, 5.41) is 15.6. The molecule has 2 atom stereocenters. The molecule has 2 rings (SSSR count). The summed E-state index contributed by atoms with van der Waals surface area (Å²) in [6, 6.07) is 9.28. The van der Waals surface area contributed by atoms with E-state index in [-0.39, 0.29) is 36.0 Å². The number of rotatable bonds is 7. The largest absolute Gasteiger partial charge is 0.348 e. The molecular formula is C18H21N3O4S. The van der Waals surface area contributed by atoms with E-state index in [9.17, 15) is 19.7 Å². The number of hydrogen-bond acceptors (Lipinski definition) is 5. The fraction of sp³-hybridized carbons (Fsp3) is 0.333. The highest BCUT2D eigenvalue weighted by Crippen LogP contribution is 2.27. The summed E-state index contributed by atoms with van der Waals surface area (Å²) in [6.07, 6.45) is 0.121.